The van der Waals surface area contributed by atoms with E-state index in [1.54, 1.807) is 0 Å². The maximum atomic E-state index is 10.4. The third-order valence-electron chi connectivity index (χ3n) is 1.91. The van der Waals surface area contributed by atoms with E-state index in [0.717, 1.165) is 0 Å². The first kappa shape index (κ1) is 13.6. The van der Waals surface area contributed by atoms with Gasteiger partial charge in [0, 0.05) is 0 Å². The lowest BCUT2D eigenvalue weighted by Crippen LogP contribution is -2.62. The van der Waals surface area contributed by atoms with Crippen LogP contribution in [0.2, 0.25) is 0 Å². The predicted molar refractivity (Wildman–Crippen MR) is 45.8 cm³/mol. The number of aliphatic hydroxyl groups is 3. The van der Waals surface area contributed by atoms with Crippen LogP contribution in [0.15, 0.2) is 0 Å². The molecule has 1 fully saturated rings. The maximum Gasteiger partial charge on any atom is 0.335 e. The molecule has 84 valence electrons. The zero-order chi connectivity index (χ0) is 10.2. The molecule has 6 N–H and O–H groups in total. The molecule has 1 aliphatic rings. The van der Waals surface area contributed by atoms with Gasteiger partial charge in [-0.2, -0.15) is 0 Å². The van der Waals surface area contributed by atoms with Crippen LogP contribution >= 0.6 is 12.4 Å². The van der Waals surface area contributed by atoms with Crippen molar-refractivity contribution in [2.45, 2.75) is 30.6 Å². The van der Waals surface area contributed by atoms with Crippen LogP contribution in [0.1, 0.15) is 0 Å². The molecule has 0 saturated carbocycles. The highest BCUT2D eigenvalue weighted by Gasteiger charge is 2.45. The Bertz CT molecular complexity index is 214. The molecule has 0 aliphatic carbocycles. The molecule has 8 heteroatoms. The number of ether oxygens (including phenoxy) is 1. The Balaban J connectivity index is 0.00000169. The van der Waals surface area contributed by atoms with Gasteiger partial charge in [0.1, 0.15) is 12.2 Å². The first-order valence-corrected chi connectivity index (χ1v) is 3.63. The number of carboxylic acid groups (broad SMARTS) is 1. The van der Waals surface area contributed by atoms with E-state index in [4.69, 9.17) is 26.2 Å². The molecule has 0 aromatic carbocycles. The van der Waals surface area contributed by atoms with Gasteiger partial charge in [0.2, 0.25) is 0 Å². The van der Waals surface area contributed by atoms with Crippen molar-refractivity contribution in [1.29, 1.82) is 0 Å². The summed E-state index contributed by atoms with van der Waals surface area (Å²) >= 11 is 0. The first-order chi connectivity index (χ1) is 5.95. The largest absolute Gasteiger partial charge is 0.479 e. The lowest BCUT2D eigenvalue weighted by atomic mass is 9.98. The van der Waals surface area contributed by atoms with E-state index in [9.17, 15) is 4.79 Å². The number of aliphatic hydroxyl groups excluding tert-OH is 3. The lowest BCUT2D eigenvalue weighted by molar-refractivity contribution is -0.244. The summed E-state index contributed by atoms with van der Waals surface area (Å²) < 4.78 is 4.46. The molecule has 1 heterocycles. The Morgan fingerprint density at radius 2 is 1.71 bits per heavy atom. The van der Waals surface area contributed by atoms with E-state index in [-0.39, 0.29) is 12.4 Å². The Morgan fingerprint density at radius 3 is 2.14 bits per heavy atom. The smallest absolute Gasteiger partial charge is 0.335 e. The van der Waals surface area contributed by atoms with Crippen molar-refractivity contribution < 1.29 is 30.0 Å². The highest BCUT2D eigenvalue weighted by molar-refractivity contribution is 5.85. The second-order valence-corrected chi connectivity index (χ2v) is 2.84. The molecular formula is C6H12ClNO6. The minimum Gasteiger partial charge on any atom is -0.479 e. The average molecular weight is 230 g/mol. The fourth-order valence-corrected chi connectivity index (χ4v) is 1.10. The number of rotatable bonds is 1. The van der Waals surface area contributed by atoms with Crippen LogP contribution < -0.4 is 5.73 Å². The van der Waals surface area contributed by atoms with Crippen molar-refractivity contribution in [3.05, 3.63) is 0 Å². The Labute approximate surface area is 85.5 Å². The van der Waals surface area contributed by atoms with Gasteiger partial charge in [-0.15, -0.1) is 12.4 Å². The van der Waals surface area contributed by atoms with E-state index in [2.05, 4.69) is 4.74 Å². The van der Waals surface area contributed by atoms with E-state index in [0.29, 0.717) is 0 Å². The topological polar surface area (TPSA) is 133 Å². The number of halogens is 1. The monoisotopic (exact) mass is 229 g/mol. The van der Waals surface area contributed by atoms with Crippen LogP contribution in [0, 0.1) is 0 Å². The molecule has 0 radical (unpaired) electrons. The number of nitrogens with two attached hydrogens (primary N) is 1. The van der Waals surface area contributed by atoms with Gasteiger partial charge in [0.25, 0.3) is 0 Å². The average Bonchev–Trinajstić information content (AvgIpc) is 2.07. The Kier molecular flexibility index (Phi) is 4.72. The summed E-state index contributed by atoms with van der Waals surface area (Å²) in [6.45, 7) is 0. The van der Waals surface area contributed by atoms with E-state index in [1.165, 1.54) is 0 Å². The summed E-state index contributed by atoms with van der Waals surface area (Å²) in [5.74, 6) is -1.46. The molecule has 0 amide bonds. The summed E-state index contributed by atoms with van der Waals surface area (Å²) in [5.41, 5.74) is 5.20. The maximum absolute atomic E-state index is 10.4. The van der Waals surface area contributed by atoms with Gasteiger partial charge in [0.15, 0.2) is 12.4 Å². The first-order valence-electron chi connectivity index (χ1n) is 3.63. The van der Waals surface area contributed by atoms with Gasteiger partial charge in [-0.05, 0) is 0 Å². The van der Waals surface area contributed by atoms with Crippen molar-refractivity contribution in [2.24, 2.45) is 5.73 Å². The summed E-state index contributed by atoms with van der Waals surface area (Å²) in [7, 11) is 0. The number of carboxylic acids is 1. The van der Waals surface area contributed by atoms with Crippen molar-refractivity contribution in [1.82, 2.24) is 0 Å². The molecule has 0 spiro atoms. The van der Waals surface area contributed by atoms with Crippen molar-refractivity contribution >= 4 is 18.4 Å². The fraction of sp³-hybridized carbons (Fsp3) is 0.833. The summed E-state index contributed by atoms with van der Waals surface area (Å²) in [6.07, 6.45) is -6.37. The van der Waals surface area contributed by atoms with Crippen LogP contribution in [0.3, 0.4) is 0 Å². The summed E-state index contributed by atoms with van der Waals surface area (Å²) in [4.78, 5) is 10.4. The molecule has 1 rings (SSSR count). The van der Waals surface area contributed by atoms with Crippen LogP contribution in [0.4, 0.5) is 0 Å². The van der Waals surface area contributed by atoms with Gasteiger partial charge >= 0.3 is 5.97 Å². The normalized spacial score (nSPS) is 42.7. The predicted octanol–water partition coefficient (Wildman–Crippen LogP) is -2.74. The Morgan fingerprint density at radius 1 is 1.21 bits per heavy atom. The van der Waals surface area contributed by atoms with E-state index in [1.807, 2.05) is 0 Å². The van der Waals surface area contributed by atoms with Crippen molar-refractivity contribution in [2.75, 3.05) is 0 Å². The highest BCUT2D eigenvalue weighted by Crippen LogP contribution is 2.18. The summed E-state index contributed by atoms with van der Waals surface area (Å²) in [5, 5.41) is 35.8. The van der Waals surface area contributed by atoms with Gasteiger partial charge in [-0.25, -0.2) is 4.79 Å². The molecule has 0 aromatic rings. The van der Waals surface area contributed by atoms with E-state index >= 15 is 0 Å². The van der Waals surface area contributed by atoms with Gasteiger partial charge < -0.3 is 30.9 Å². The van der Waals surface area contributed by atoms with Crippen LogP contribution in [0.25, 0.3) is 0 Å². The fourth-order valence-electron chi connectivity index (χ4n) is 1.10. The molecule has 14 heavy (non-hydrogen) atoms. The number of hydrogen-bond acceptors (Lipinski definition) is 6. The Hall–Kier alpha value is -0.440. The quantitative estimate of drug-likeness (QED) is 0.329. The third-order valence-corrected chi connectivity index (χ3v) is 1.91. The van der Waals surface area contributed by atoms with Gasteiger partial charge in [0.05, 0.1) is 6.04 Å². The van der Waals surface area contributed by atoms with Crippen molar-refractivity contribution in [3.63, 3.8) is 0 Å². The molecular weight excluding hydrogens is 218 g/mol. The second-order valence-electron chi connectivity index (χ2n) is 2.84. The minimum absolute atomic E-state index is 0. The van der Waals surface area contributed by atoms with Crippen LogP contribution in [-0.2, 0) is 9.53 Å². The van der Waals surface area contributed by atoms with Gasteiger partial charge in [-0.3, -0.25) is 0 Å². The molecule has 5 unspecified atom stereocenters. The molecule has 5 atom stereocenters. The molecule has 7 nitrogen and oxygen atoms in total. The van der Waals surface area contributed by atoms with E-state index < -0.39 is 36.6 Å². The summed E-state index contributed by atoms with van der Waals surface area (Å²) in [6, 6.07) is -1.20. The highest BCUT2D eigenvalue weighted by atomic mass is 35.5. The molecule has 1 saturated heterocycles. The SMILES string of the molecule is Cl.NC1C(O)OC(C(=O)O)C(O)C1O. The minimum atomic E-state index is -1.65. The zero-order valence-corrected chi connectivity index (χ0v) is 7.79. The van der Waals surface area contributed by atoms with Crippen molar-refractivity contribution in [3.8, 4) is 0 Å². The van der Waals surface area contributed by atoms with Gasteiger partial charge in [-0.1, -0.05) is 0 Å². The number of carbonyl (C=O) groups is 1. The standard InChI is InChI=1S/C6H11NO6.ClH/c7-1-2(8)3(9)4(5(10)11)13-6(1)12;/h1-4,6,8-9,12H,7H2,(H,10,11);1H. The third kappa shape index (κ3) is 2.32. The van der Waals surface area contributed by atoms with Crippen LogP contribution in [-0.4, -0.2) is 57.0 Å². The molecule has 0 aromatic heterocycles. The molecule has 1 aliphatic heterocycles. The van der Waals surface area contributed by atoms with Crippen LogP contribution in [0.5, 0.6) is 0 Å². The molecule has 0 bridgehead atoms. The zero-order valence-electron chi connectivity index (χ0n) is 6.98. The number of hydrogen-bond donors (Lipinski definition) is 5. The number of aliphatic carboxylic acids is 1. The lowest BCUT2D eigenvalue weighted by Gasteiger charge is -2.36. The second kappa shape index (κ2) is 4.87.